The molecule has 3 N–H and O–H groups in total. The molecule has 2 rings (SSSR count). The molecule has 0 aliphatic rings. The third-order valence-electron chi connectivity index (χ3n) is 2.72. The number of nitrogens with zero attached hydrogens (tertiary/aromatic N) is 1. The molecule has 0 bridgehead atoms. The van der Waals surface area contributed by atoms with Gasteiger partial charge in [-0.05, 0) is 24.3 Å². The van der Waals surface area contributed by atoms with Crippen LogP contribution >= 0.6 is 0 Å². The van der Waals surface area contributed by atoms with Gasteiger partial charge in [-0.3, -0.25) is 4.72 Å². The zero-order valence-electron chi connectivity index (χ0n) is 11.5. The van der Waals surface area contributed by atoms with Gasteiger partial charge in [-0.15, -0.1) is 0 Å². The van der Waals surface area contributed by atoms with Gasteiger partial charge >= 0.3 is 0 Å². The number of methoxy groups -OCH3 is 2. The first kappa shape index (κ1) is 14.9. The molecule has 0 spiro atoms. The molecule has 0 amide bonds. The highest BCUT2D eigenvalue weighted by Gasteiger charge is 2.17. The minimum absolute atomic E-state index is 0.00886. The lowest BCUT2D eigenvalue weighted by molar-refractivity contribution is 0.395. The van der Waals surface area contributed by atoms with Crippen molar-refractivity contribution in [2.75, 3.05) is 24.7 Å². The van der Waals surface area contributed by atoms with Gasteiger partial charge in [-0.2, -0.15) is 0 Å². The van der Waals surface area contributed by atoms with Crippen LogP contribution in [-0.2, 0) is 10.0 Å². The Labute approximate surface area is 122 Å². The minimum Gasteiger partial charge on any atom is -0.497 e. The van der Waals surface area contributed by atoms with Crippen molar-refractivity contribution in [3.05, 3.63) is 36.5 Å². The Kier molecular flexibility index (Phi) is 4.18. The van der Waals surface area contributed by atoms with Crippen LogP contribution in [-0.4, -0.2) is 27.6 Å². The van der Waals surface area contributed by atoms with E-state index in [0.29, 0.717) is 17.2 Å². The van der Waals surface area contributed by atoms with Crippen LogP contribution in [0.25, 0.3) is 0 Å². The van der Waals surface area contributed by atoms with Crippen LogP contribution in [0.2, 0.25) is 0 Å². The summed E-state index contributed by atoms with van der Waals surface area (Å²) in [5, 5.41) is 0. The average molecular weight is 309 g/mol. The van der Waals surface area contributed by atoms with Gasteiger partial charge in [0.2, 0.25) is 0 Å². The lowest BCUT2D eigenvalue weighted by Gasteiger charge is -2.12. The summed E-state index contributed by atoms with van der Waals surface area (Å²) in [5.41, 5.74) is 5.74. The molecule has 0 unspecified atom stereocenters. The van der Waals surface area contributed by atoms with E-state index in [1.165, 1.54) is 32.5 Å². The zero-order valence-corrected chi connectivity index (χ0v) is 12.3. The Morgan fingerprint density at radius 1 is 1.14 bits per heavy atom. The largest absolute Gasteiger partial charge is 0.497 e. The highest BCUT2D eigenvalue weighted by atomic mass is 32.2. The van der Waals surface area contributed by atoms with Crippen LogP contribution in [0, 0.1) is 0 Å². The molecule has 0 saturated carbocycles. The number of sulfonamides is 1. The third kappa shape index (κ3) is 3.34. The molecular formula is C13H15N3O4S. The fraction of sp³-hybridized carbons (Fsp3) is 0.154. The maximum absolute atomic E-state index is 12.3. The second-order valence-corrected chi connectivity index (χ2v) is 5.77. The summed E-state index contributed by atoms with van der Waals surface area (Å²) in [7, 11) is -0.817. The molecule has 0 aliphatic carbocycles. The van der Waals surface area contributed by atoms with Crippen molar-refractivity contribution in [1.82, 2.24) is 4.98 Å². The Hall–Kier alpha value is -2.48. The molecular weight excluding hydrogens is 294 g/mol. The Bertz CT molecular complexity index is 730. The van der Waals surface area contributed by atoms with Gasteiger partial charge in [0.15, 0.2) is 0 Å². The molecule has 7 nitrogen and oxygen atoms in total. The van der Waals surface area contributed by atoms with Gasteiger partial charge in [0.1, 0.15) is 22.2 Å². The van der Waals surface area contributed by atoms with Gasteiger partial charge in [0, 0.05) is 12.3 Å². The van der Waals surface area contributed by atoms with Crippen molar-refractivity contribution < 1.29 is 17.9 Å². The number of nitrogens with one attached hydrogen (secondary N) is 1. The highest BCUT2D eigenvalue weighted by Crippen LogP contribution is 2.30. The highest BCUT2D eigenvalue weighted by molar-refractivity contribution is 7.92. The maximum Gasteiger partial charge on any atom is 0.263 e. The van der Waals surface area contributed by atoms with E-state index >= 15 is 0 Å². The van der Waals surface area contributed by atoms with Crippen molar-refractivity contribution in [3.63, 3.8) is 0 Å². The second kappa shape index (κ2) is 5.88. The Balaban J connectivity index is 2.34. The molecule has 2 aromatic rings. The minimum atomic E-state index is -3.77. The number of hydrogen-bond donors (Lipinski definition) is 2. The SMILES string of the molecule is COc1ccc(NS(=O)(=O)c2ccc(N)nc2)c(OC)c1. The van der Waals surface area contributed by atoms with E-state index in [2.05, 4.69) is 9.71 Å². The van der Waals surface area contributed by atoms with Gasteiger partial charge in [-0.1, -0.05) is 0 Å². The number of hydrogen-bond acceptors (Lipinski definition) is 6. The quantitative estimate of drug-likeness (QED) is 0.867. The fourth-order valence-corrected chi connectivity index (χ4v) is 2.65. The van der Waals surface area contributed by atoms with Gasteiger partial charge in [-0.25, -0.2) is 13.4 Å². The van der Waals surface area contributed by atoms with E-state index in [1.807, 2.05) is 0 Å². The van der Waals surface area contributed by atoms with Crippen LogP contribution in [0.5, 0.6) is 11.5 Å². The number of nitrogens with two attached hydrogens (primary N) is 1. The van der Waals surface area contributed by atoms with Crippen molar-refractivity contribution in [2.24, 2.45) is 0 Å². The smallest absolute Gasteiger partial charge is 0.263 e. The van der Waals surface area contributed by atoms with Crippen molar-refractivity contribution in [3.8, 4) is 11.5 Å². The topological polar surface area (TPSA) is 104 Å². The van der Waals surface area contributed by atoms with Crippen LogP contribution in [0.15, 0.2) is 41.4 Å². The van der Waals surface area contributed by atoms with Crippen LogP contribution in [0.1, 0.15) is 0 Å². The van der Waals surface area contributed by atoms with Gasteiger partial charge < -0.3 is 15.2 Å². The van der Waals surface area contributed by atoms with E-state index in [1.54, 1.807) is 18.2 Å². The molecule has 0 saturated heterocycles. The van der Waals surface area contributed by atoms with E-state index in [-0.39, 0.29) is 10.7 Å². The summed E-state index contributed by atoms with van der Waals surface area (Å²) in [4.78, 5) is 3.77. The molecule has 0 atom stereocenters. The van der Waals surface area contributed by atoms with Crippen LogP contribution in [0.3, 0.4) is 0 Å². The van der Waals surface area contributed by atoms with Crippen LogP contribution < -0.4 is 19.9 Å². The number of aromatic nitrogens is 1. The van der Waals surface area contributed by atoms with Crippen molar-refractivity contribution >= 4 is 21.5 Å². The second-order valence-electron chi connectivity index (χ2n) is 4.09. The lowest BCUT2D eigenvalue weighted by atomic mass is 10.3. The standard InChI is InChI=1S/C13H15N3O4S/c1-19-9-3-5-11(12(7-9)20-2)16-21(17,18)10-4-6-13(14)15-8-10/h3-8,16H,1-2H3,(H2,14,15). The summed E-state index contributed by atoms with van der Waals surface area (Å²) in [5.74, 6) is 1.15. The maximum atomic E-state index is 12.3. The molecule has 0 aliphatic heterocycles. The molecule has 0 radical (unpaired) electrons. The normalized spacial score (nSPS) is 11.0. The molecule has 1 aromatic heterocycles. The number of nitrogen functional groups attached to an aromatic ring is 1. The van der Waals surface area contributed by atoms with Crippen molar-refractivity contribution in [1.29, 1.82) is 0 Å². The van der Waals surface area contributed by atoms with Crippen LogP contribution in [0.4, 0.5) is 11.5 Å². The average Bonchev–Trinajstić information content (AvgIpc) is 2.47. The lowest BCUT2D eigenvalue weighted by Crippen LogP contribution is -2.14. The predicted octanol–water partition coefficient (Wildman–Crippen LogP) is 1.48. The number of ether oxygens (including phenoxy) is 2. The third-order valence-corrected chi connectivity index (χ3v) is 4.07. The molecule has 8 heteroatoms. The van der Waals surface area contributed by atoms with Crippen molar-refractivity contribution in [2.45, 2.75) is 4.90 Å². The Morgan fingerprint density at radius 3 is 2.48 bits per heavy atom. The first-order valence-electron chi connectivity index (χ1n) is 5.92. The number of rotatable bonds is 5. The summed E-state index contributed by atoms with van der Waals surface area (Å²) < 4.78 is 37.2. The number of benzene rings is 1. The Morgan fingerprint density at radius 2 is 1.90 bits per heavy atom. The molecule has 112 valence electrons. The summed E-state index contributed by atoms with van der Waals surface area (Å²) in [6.45, 7) is 0. The molecule has 1 heterocycles. The van der Waals surface area contributed by atoms with Gasteiger partial charge in [0.05, 0.1) is 19.9 Å². The van der Waals surface area contributed by atoms with Gasteiger partial charge in [0.25, 0.3) is 10.0 Å². The van der Waals surface area contributed by atoms with E-state index < -0.39 is 10.0 Å². The van der Waals surface area contributed by atoms with E-state index in [4.69, 9.17) is 15.2 Å². The summed E-state index contributed by atoms with van der Waals surface area (Å²) >= 11 is 0. The predicted molar refractivity (Wildman–Crippen MR) is 79.0 cm³/mol. The molecule has 21 heavy (non-hydrogen) atoms. The van der Waals surface area contributed by atoms with E-state index in [9.17, 15) is 8.42 Å². The first-order chi connectivity index (χ1) is 9.96. The van der Waals surface area contributed by atoms with E-state index in [0.717, 1.165) is 0 Å². The molecule has 0 fully saturated rings. The number of pyridine rings is 1. The first-order valence-corrected chi connectivity index (χ1v) is 7.41. The molecule has 1 aromatic carbocycles. The number of anilines is 2. The zero-order chi connectivity index (χ0) is 15.5. The monoisotopic (exact) mass is 309 g/mol. The summed E-state index contributed by atoms with van der Waals surface area (Å²) in [6, 6.07) is 7.56. The fourth-order valence-electron chi connectivity index (χ4n) is 1.64. The summed E-state index contributed by atoms with van der Waals surface area (Å²) in [6.07, 6.45) is 1.19.